The van der Waals surface area contributed by atoms with Gasteiger partial charge in [-0.2, -0.15) is 0 Å². The van der Waals surface area contributed by atoms with Crippen LogP contribution >= 0.6 is 0 Å². The molecule has 0 radical (unpaired) electrons. The average molecular weight is 286 g/mol. The lowest BCUT2D eigenvalue weighted by Crippen LogP contribution is -2.31. The fourth-order valence-corrected chi connectivity index (χ4v) is 2.53. The molecule has 2 unspecified atom stereocenters. The smallest absolute Gasteiger partial charge is 0.308 e. The van der Waals surface area contributed by atoms with Crippen molar-refractivity contribution >= 4 is 11.9 Å². The molecule has 1 aromatic heterocycles. The summed E-state index contributed by atoms with van der Waals surface area (Å²) in [5.74, 6) is -2.07. The second-order valence-corrected chi connectivity index (χ2v) is 5.07. The van der Waals surface area contributed by atoms with Crippen LogP contribution < -0.4 is 0 Å². The predicted molar refractivity (Wildman–Crippen MR) is 66.6 cm³/mol. The molecule has 0 spiro atoms. The molecule has 0 aromatic carbocycles. The van der Waals surface area contributed by atoms with Gasteiger partial charge in [0.25, 0.3) is 12.3 Å². The Morgan fingerprint density at radius 3 is 2.70 bits per heavy atom. The Hall–Kier alpha value is -1.92. The van der Waals surface area contributed by atoms with Gasteiger partial charge in [-0.1, -0.05) is 6.92 Å². The topological polar surface area (TPSA) is 62.5 Å². The van der Waals surface area contributed by atoms with E-state index in [2.05, 4.69) is 0 Å². The Labute approximate surface area is 114 Å². The molecule has 2 rings (SSSR count). The van der Waals surface area contributed by atoms with Crippen LogP contribution in [-0.4, -0.2) is 46.0 Å². The van der Waals surface area contributed by atoms with Gasteiger partial charge in [0.2, 0.25) is 0 Å². The van der Waals surface area contributed by atoms with Crippen molar-refractivity contribution in [1.29, 1.82) is 0 Å². The highest BCUT2D eigenvalue weighted by Crippen LogP contribution is 2.25. The quantitative estimate of drug-likeness (QED) is 0.913. The zero-order valence-electron chi connectivity index (χ0n) is 11.0. The highest BCUT2D eigenvalue weighted by Gasteiger charge is 2.37. The molecule has 2 heterocycles. The molecule has 1 N–H and O–H groups in total. The van der Waals surface area contributed by atoms with Gasteiger partial charge in [0.05, 0.1) is 12.5 Å². The first-order chi connectivity index (χ1) is 9.40. The number of nitrogens with zero attached hydrogens (tertiary/aromatic N) is 2. The second-order valence-electron chi connectivity index (χ2n) is 5.07. The van der Waals surface area contributed by atoms with Gasteiger partial charge in [-0.05, 0) is 18.1 Å². The predicted octanol–water partition coefficient (Wildman–Crippen LogP) is 1.55. The molecule has 1 aromatic rings. The number of likely N-dealkylation sites (tertiary alicyclic amines) is 1. The van der Waals surface area contributed by atoms with Crippen molar-refractivity contribution < 1.29 is 23.5 Å². The number of rotatable bonds is 4. The van der Waals surface area contributed by atoms with E-state index in [0.717, 1.165) is 0 Å². The maximum absolute atomic E-state index is 12.4. The van der Waals surface area contributed by atoms with E-state index < -0.39 is 30.8 Å². The molecular weight excluding hydrogens is 270 g/mol. The zero-order valence-corrected chi connectivity index (χ0v) is 11.0. The number of aromatic nitrogens is 1. The third kappa shape index (κ3) is 2.81. The average Bonchev–Trinajstić information content (AvgIpc) is 2.94. The van der Waals surface area contributed by atoms with E-state index in [9.17, 15) is 18.4 Å². The minimum Gasteiger partial charge on any atom is -0.481 e. The van der Waals surface area contributed by atoms with E-state index in [1.165, 1.54) is 27.8 Å². The molecule has 1 amide bonds. The van der Waals surface area contributed by atoms with Crippen molar-refractivity contribution in [3.8, 4) is 0 Å². The number of halogens is 2. The van der Waals surface area contributed by atoms with Gasteiger partial charge in [0.15, 0.2) is 0 Å². The molecule has 1 saturated heterocycles. The standard InChI is InChI=1S/C13H16F2N2O3/c1-8-5-17(6-9(8)13(19)20)12(18)10-3-2-4-16(10)7-11(14)15/h2-4,8-9,11H,5-7H2,1H3,(H,19,20). The molecule has 0 bridgehead atoms. The second kappa shape index (κ2) is 5.60. The number of carboxylic acids is 1. The minimum atomic E-state index is -2.54. The fourth-order valence-electron chi connectivity index (χ4n) is 2.53. The molecule has 1 aliphatic heterocycles. The lowest BCUT2D eigenvalue weighted by atomic mass is 9.99. The first-order valence-electron chi connectivity index (χ1n) is 6.35. The number of hydrogen-bond acceptors (Lipinski definition) is 2. The molecule has 0 saturated carbocycles. The van der Waals surface area contributed by atoms with Crippen molar-refractivity contribution in [2.75, 3.05) is 13.1 Å². The highest BCUT2D eigenvalue weighted by molar-refractivity contribution is 5.93. The molecule has 1 fully saturated rings. The van der Waals surface area contributed by atoms with E-state index in [4.69, 9.17) is 5.11 Å². The number of hydrogen-bond donors (Lipinski definition) is 1. The molecule has 2 atom stereocenters. The van der Waals surface area contributed by atoms with Gasteiger partial charge >= 0.3 is 5.97 Å². The van der Waals surface area contributed by atoms with Crippen molar-refractivity contribution in [2.45, 2.75) is 19.9 Å². The maximum atomic E-state index is 12.4. The van der Waals surface area contributed by atoms with Crippen molar-refractivity contribution in [1.82, 2.24) is 9.47 Å². The number of carbonyl (C=O) groups excluding carboxylic acids is 1. The summed E-state index contributed by atoms with van der Waals surface area (Å²) in [4.78, 5) is 24.7. The van der Waals surface area contributed by atoms with Gasteiger partial charge < -0.3 is 14.6 Å². The number of amides is 1. The normalized spacial score (nSPS) is 22.5. The van der Waals surface area contributed by atoms with E-state index in [0.29, 0.717) is 6.54 Å². The summed E-state index contributed by atoms with van der Waals surface area (Å²) in [7, 11) is 0. The Balaban J connectivity index is 2.13. The van der Waals surface area contributed by atoms with Gasteiger partial charge in [-0.3, -0.25) is 9.59 Å². The van der Waals surface area contributed by atoms with Crippen LogP contribution in [0, 0.1) is 11.8 Å². The summed E-state index contributed by atoms with van der Waals surface area (Å²) in [6.45, 7) is 1.68. The summed E-state index contributed by atoms with van der Waals surface area (Å²) in [6.07, 6.45) is -1.12. The number of aliphatic carboxylic acids is 1. The number of carboxylic acid groups (broad SMARTS) is 1. The van der Waals surface area contributed by atoms with Crippen molar-refractivity contribution in [3.05, 3.63) is 24.0 Å². The first kappa shape index (κ1) is 14.5. The Bertz CT molecular complexity index is 515. The number of alkyl halides is 2. The molecule has 1 aliphatic rings. The van der Waals surface area contributed by atoms with Crippen LogP contribution in [-0.2, 0) is 11.3 Å². The minimum absolute atomic E-state index is 0.120. The molecule has 0 aliphatic carbocycles. The Morgan fingerprint density at radius 1 is 1.45 bits per heavy atom. The summed E-state index contributed by atoms with van der Waals surface area (Å²) in [5, 5.41) is 9.04. The van der Waals surface area contributed by atoms with Gasteiger partial charge in [-0.15, -0.1) is 0 Å². The molecule has 5 nitrogen and oxygen atoms in total. The third-order valence-electron chi connectivity index (χ3n) is 3.60. The highest BCUT2D eigenvalue weighted by atomic mass is 19.3. The molecular formula is C13H16F2N2O3. The van der Waals surface area contributed by atoms with Crippen LogP contribution in [0.2, 0.25) is 0 Å². The van der Waals surface area contributed by atoms with E-state index in [1.807, 2.05) is 0 Å². The van der Waals surface area contributed by atoms with E-state index >= 15 is 0 Å². The van der Waals surface area contributed by atoms with Crippen LogP contribution in [0.15, 0.2) is 18.3 Å². The molecule has 7 heteroatoms. The summed E-state index contributed by atoms with van der Waals surface area (Å²) >= 11 is 0. The van der Waals surface area contributed by atoms with Crippen LogP contribution in [0.25, 0.3) is 0 Å². The third-order valence-corrected chi connectivity index (χ3v) is 3.60. The lowest BCUT2D eigenvalue weighted by Gasteiger charge is -2.17. The number of carbonyl (C=O) groups is 2. The van der Waals surface area contributed by atoms with Gasteiger partial charge in [-0.25, -0.2) is 8.78 Å². The van der Waals surface area contributed by atoms with E-state index in [1.54, 1.807) is 6.92 Å². The van der Waals surface area contributed by atoms with Crippen LogP contribution in [0.1, 0.15) is 17.4 Å². The monoisotopic (exact) mass is 286 g/mol. The molecule has 20 heavy (non-hydrogen) atoms. The SMILES string of the molecule is CC1CN(C(=O)c2cccn2CC(F)F)CC1C(=O)O. The van der Waals surface area contributed by atoms with Crippen LogP contribution in [0.3, 0.4) is 0 Å². The molecule has 110 valence electrons. The summed E-state index contributed by atoms with van der Waals surface area (Å²) < 4.78 is 26.1. The Morgan fingerprint density at radius 2 is 2.15 bits per heavy atom. The summed E-state index contributed by atoms with van der Waals surface area (Å²) in [5.41, 5.74) is 0.170. The first-order valence-corrected chi connectivity index (χ1v) is 6.35. The maximum Gasteiger partial charge on any atom is 0.308 e. The largest absolute Gasteiger partial charge is 0.481 e. The lowest BCUT2D eigenvalue weighted by molar-refractivity contribution is -0.142. The fraction of sp³-hybridized carbons (Fsp3) is 0.538. The van der Waals surface area contributed by atoms with Crippen molar-refractivity contribution in [2.24, 2.45) is 11.8 Å². The zero-order chi connectivity index (χ0) is 14.9. The summed E-state index contributed by atoms with van der Waals surface area (Å²) in [6, 6.07) is 3.01. The Kier molecular flexibility index (Phi) is 4.06. The van der Waals surface area contributed by atoms with Crippen LogP contribution in [0.4, 0.5) is 8.78 Å². The van der Waals surface area contributed by atoms with Gasteiger partial charge in [0, 0.05) is 19.3 Å². The van der Waals surface area contributed by atoms with Crippen LogP contribution in [0.5, 0.6) is 0 Å². The van der Waals surface area contributed by atoms with Gasteiger partial charge in [0.1, 0.15) is 5.69 Å². The van der Waals surface area contributed by atoms with Crippen molar-refractivity contribution in [3.63, 3.8) is 0 Å². The van der Waals surface area contributed by atoms with E-state index in [-0.39, 0.29) is 18.2 Å².